The third-order valence-electron chi connectivity index (χ3n) is 4.45. The molecule has 0 saturated carbocycles. The molecule has 0 atom stereocenters. The van der Waals surface area contributed by atoms with Crippen molar-refractivity contribution in [3.8, 4) is 17.2 Å². The molecule has 0 unspecified atom stereocenters. The first-order chi connectivity index (χ1) is 15.8. The van der Waals surface area contributed by atoms with Gasteiger partial charge >= 0.3 is 0 Å². The van der Waals surface area contributed by atoms with Crippen LogP contribution in [0.15, 0.2) is 71.8 Å². The number of carbonyl (C=O) groups is 1. The molecule has 2 aromatic heterocycles. The largest absolute Gasteiger partial charge is 0.453 e. The summed E-state index contributed by atoms with van der Waals surface area (Å²) in [6, 6.07) is 11.3. The number of pyridine rings is 1. The van der Waals surface area contributed by atoms with Gasteiger partial charge in [-0.2, -0.15) is 9.78 Å². The van der Waals surface area contributed by atoms with Crippen molar-refractivity contribution in [1.82, 2.24) is 14.8 Å². The number of rotatable bonds is 5. The Morgan fingerprint density at radius 2 is 1.79 bits per heavy atom. The first-order valence-corrected chi connectivity index (χ1v) is 9.74. The lowest BCUT2D eigenvalue weighted by Gasteiger charge is -2.11. The van der Waals surface area contributed by atoms with E-state index in [-0.39, 0.29) is 39.3 Å². The van der Waals surface area contributed by atoms with Gasteiger partial charge in [0.05, 0.1) is 5.69 Å². The van der Waals surface area contributed by atoms with E-state index in [1.807, 2.05) is 0 Å². The van der Waals surface area contributed by atoms with Crippen LogP contribution in [0.3, 0.4) is 0 Å². The minimum absolute atomic E-state index is 0.0297. The number of hydrogen-bond acceptors (Lipinski definition) is 6. The molecule has 11 heteroatoms. The lowest BCUT2D eigenvalue weighted by atomic mass is 10.2. The van der Waals surface area contributed by atoms with E-state index in [4.69, 9.17) is 22.1 Å². The normalized spacial score (nSPS) is 10.6. The van der Waals surface area contributed by atoms with E-state index in [9.17, 15) is 18.4 Å². The highest BCUT2D eigenvalue weighted by atomic mass is 35.5. The Morgan fingerprint density at radius 1 is 1.03 bits per heavy atom. The first-order valence-electron chi connectivity index (χ1n) is 9.36. The van der Waals surface area contributed by atoms with Gasteiger partial charge in [0.2, 0.25) is 0 Å². The molecule has 2 aromatic carbocycles. The summed E-state index contributed by atoms with van der Waals surface area (Å²) in [6.07, 6.45) is 2.61. The van der Waals surface area contributed by atoms with Gasteiger partial charge in [-0.25, -0.2) is 13.8 Å². The molecule has 0 aliphatic rings. The number of anilines is 2. The number of ether oxygens (including phenoxy) is 1. The van der Waals surface area contributed by atoms with Crippen LogP contribution in [0.1, 0.15) is 10.4 Å². The van der Waals surface area contributed by atoms with Gasteiger partial charge in [0.1, 0.15) is 22.2 Å². The summed E-state index contributed by atoms with van der Waals surface area (Å²) in [5.74, 6) is -2.08. The maximum Gasteiger partial charge on any atom is 0.284 e. The second-order valence-corrected chi connectivity index (χ2v) is 7.03. The lowest BCUT2D eigenvalue weighted by Crippen LogP contribution is -2.29. The van der Waals surface area contributed by atoms with Crippen molar-refractivity contribution in [2.24, 2.45) is 0 Å². The van der Waals surface area contributed by atoms with Crippen LogP contribution in [0.5, 0.6) is 11.5 Å². The average Bonchev–Trinajstić information content (AvgIpc) is 2.79. The van der Waals surface area contributed by atoms with Gasteiger partial charge in [0.25, 0.3) is 11.5 Å². The van der Waals surface area contributed by atoms with E-state index < -0.39 is 23.1 Å². The number of aromatic nitrogens is 3. The van der Waals surface area contributed by atoms with Gasteiger partial charge in [-0.15, -0.1) is 0 Å². The van der Waals surface area contributed by atoms with Crippen LogP contribution in [-0.4, -0.2) is 20.7 Å². The highest BCUT2D eigenvalue weighted by Gasteiger charge is 2.16. The third-order valence-corrected chi connectivity index (χ3v) is 4.83. The van der Waals surface area contributed by atoms with E-state index >= 15 is 0 Å². The minimum Gasteiger partial charge on any atom is -0.453 e. The van der Waals surface area contributed by atoms with Crippen molar-refractivity contribution in [3.05, 3.63) is 99.6 Å². The molecule has 2 heterocycles. The first kappa shape index (κ1) is 21.9. The Morgan fingerprint density at radius 3 is 2.52 bits per heavy atom. The fourth-order valence-corrected chi connectivity index (χ4v) is 3.00. The number of nitrogens with one attached hydrogen (secondary N) is 1. The number of carbonyl (C=O) groups excluding carboxylic acids is 1. The molecule has 4 aromatic rings. The Labute approximate surface area is 190 Å². The zero-order chi connectivity index (χ0) is 23.5. The molecule has 0 spiro atoms. The lowest BCUT2D eigenvalue weighted by molar-refractivity contribution is 0.102. The summed E-state index contributed by atoms with van der Waals surface area (Å²) in [5, 5.41) is 6.39. The molecule has 0 aliphatic heterocycles. The Hall–Kier alpha value is -4.31. The molecule has 4 rings (SSSR count). The topological polar surface area (TPSA) is 112 Å². The van der Waals surface area contributed by atoms with E-state index in [0.29, 0.717) is 0 Å². The summed E-state index contributed by atoms with van der Waals surface area (Å²) >= 11 is 6.00. The average molecular weight is 470 g/mol. The number of hydrogen-bond donors (Lipinski definition) is 2. The van der Waals surface area contributed by atoms with Crippen molar-refractivity contribution in [2.45, 2.75) is 0 Å². The molecule has 33 heavy (non-hydrogen) atoms. The second-order valence-electron chi connectivity index (χ2n) is 6.65. The fraction of sp³-hybridized carbons (Fsp3) is 0. The molecule has 0 aliphatic carbocycles. The monoisotopic (exact) mass is 469 g/mol. The van der Waals surface area contributed by atoms with Crippen molar-refractivity contribution in [1.29, 1.82) is 0 Å². The molecule has 8 nitrogen and oxygen atoms in total. The Kier molecular flexibility index (Phi) is 6.01. The van der Waals surface area contributed by atoms with Crippen LogP contribution in [0.25, 0.3) is 5.69 Å². The number of amides is 1. The van der Waals surface area contributed by atoms with Crippen LogP contribution >= 0.6 is 11.6 Å². The van der Waals surface area contributed by atoms with E-state index in [1.165, 1.54) is 48.8 Å². The summed E-state index contributed by atoms with van der Waals surface area (Å²) in [6.45, 7) is 0. The van der Waals surface area contributed by atoms with Gasteiger partial charge < -0.3 is 15.8 Å². The van der Waals surface area contributed by atoms with Crippen molar-refractivity contribution >= 4 is 29.0 Å². The zero-order valence-corrected chi connectivity index (χ0v) is 17.4. The number of nitrogens with two attached hydrogens (primary N) is 1. The molecule has 0 bridgehead atoms. The fourth-order valence-electron chi connectivity index (χ4n) is 2.85. The molecule has 1 amide bonds. The zero-order valence-electron chi connectivity index (χ0n) is 16.6. The second kappa shape index (κ2) is 9.05. The Balaban J connectivity index is 1.55. The molecule has 0 radical (unpaired) electrons. The molecular formula is C22H14ClF2N5O3. The molecule has 166 valence electrons. The summed E-state index contributed by atoms with van der Waals surface area (Å²) < 4.78 is 34.1. The third kappa shape index (κ3) is 4.65. The predicted octanol–water partition coefficient (Wildman–Crippen LogP) is 4.19. The SMILES string of the molecule is Nc1nccc(Oc2ccc(NC(=O)c3ccnn(-c4ccc(F)cc4)c3=O)cc2F)c1Cl. The van der Waals surface area contributed by atoms with Crippen molar-refractivity contribution in [2.75, 3.05) is 11.1 Å². The van der Waals surface area contributed by atoms with Crippen LogP contribution < -0.4 is 21.3 Å². The van der Waals surface area contributed by atoms with E-state index in [2.05, 4.69) is 15.4 Å². The minimum atomic E-state index is -0.794. The van der Waals surface area contributed by atoms with Crippen LogP contribution in [-0.2, 0) is 0 Å². The van der Waals surface area contributed by atoms with Gasteiger partial charge in [-0.05, 0) is 42.5 Å². The summed E-state index contributed by atoms with van der Waals surface area (Å²) in [4.78, 5) is 29.1. The molecule has 0 fully saturated rings. The maximum absolute atomic E-state index is 14.5. The Bertz CT molecular complexity index is 1410. The summed E-state index contributed by atoms with van der Waals surface area (Å²) in [7, 11) is 0. The quantitative estimate of drug-likeness (QED) is 0.453. The number of benzene rings is 2. The molecule has 3 N–H and O–H groups in total. The van der Waals surface area contributed by atoms with Crippen molar-refractivity contribution < 1.29 is 18.3 Å². The number of halogens is 3. The van der Waals surface area contributed by atoms with E-state index in [0.717, 1.165) is 22.9 Å². The highest BCUT2D eigenvalue weighted by molar-refractivity contribution is 6.34. The van der Waals surface area contributed by atoms with E-state index in [1.54, 1.807) is 0 Å². The summed E-state index contributed by atoms with van der Waals surface area (Å²) in [5.41, 5.74) is 4.98. The smallest absolute Gasteiger partial charge is 0.284 e. The van der Waals surface area contributed by atoms with Gasteiger partial charge in [-0.1, -0.05) is 11.6 Å². The van der Waals surface area contributed by atoms with Gasteiger partial charge in [0.15, 0.2) is 17.3 Å². The van der Waals surface area contributed by atoms with Gasteiger partial charge in [-0.3, -0.25) is 9.59 Å². The number of nitrogen functional groups attached to an aromatic ring is 1. The van der Waals surface area contributed by atoms with Gasteiger partial charge in [0, 0.05) is 30.2 Å². The number of nitrogens with zero attached hydrogens (tertiary/aromatic N) is 3. The standard InChI is InChI=1S/C22H14ClF2N5O3/c23-19-18(8-9-27-20(19)26)33-17-6-3-13(11-16(17)25)29-21(31)15-7-10-28-30(22(15)32)14-4-1-12(24)2-5-14/h1-11H,(H2,26,27)(H,29,31). The predicted molar refractivity (Wildman–Crippen MR) is 118 cm³/mol. The van der Waals surface area contributed by atoms with Crippen molar-refractivity contribution in [3.63, 3.8) is 0 Å². The van der Waals surface area contributed by atoms with Crippen LogP contribution in [0.2, 0.25) is 5.02 Å². The maximum atomic E-state index is 14.5. The van der Waals surface area contributed by atoms with Crippen LogP contribution in [0.4, 0.5) is 20.3 Å². The highest BCUT2D eigenvalue weighted by Crippen LogP contribution is 2.33. The van der Waals surface area contributed by atoms with Crippen LogP contribution in [0, 0.1) is 11.6 Å². The molecular weight excluding hydrogens is 456 g/mol. The molecule has 0 saturated heterocycles.